The minimum absolute atomic E-state index is 0.429. The third-order valence-electron chi connectivity index (χ3n) is 3.10. The number of nitrogens with one attached hydrogen (secondary N) is 2. The number of rotatable bonds is 2. The first-order valence-corrected chi connectivity index (χ1v) is 7.48. The summed E-state index contributed by atoms with van der Waals surface area (Å²) in [5.41, 5.74) is 2.33. The molecule has 0 aliphatic heterocycles. The van der Waals surface area contributed by atoms with Gasteiger partial charge >= 0.3 is 6.03 Å². The van der Waals surface area contributed by atoms with Crippen LogP contribution >= 0.6 is 11.3 Å². The van der Waals surface area contributed by atoms with E-state index < -0.39 is 11.9 Å². The molecule has 0 unspecified atom stereocenters. The number of hydrogen-bond acceptors (Lipinski definition) is 4. The molecule has 5 nitrogen and oxygen atoms in total. The molecule has 0 bridgehead atoms. The second kappa shape index (κ2) is 5.95. The largest absolute Gasteiger partial charge is 0.327 e. The lowest BCUT2D eigenvalue weighted by molar-refractivity contribution is 0.0967. The van der Waals surface area contributed by atoms with Crippen LogP contribution in [0.2, 0.25) is 0 Å². The van der Waals surface area contributed by atoms with Crippen LogP contribution in [0.5, 0.6) is 0 Å². The molecule has 3 rings (SSSR count). The third-order valence-corrected chi connectivity index (χ3v) is 4.04. The van der Waals surface area contributed by atoms with Gasteiger partial charge in [-0.25, -0.2) is 9.78 Å². The van der Waals surface area contributed by atoms with E-state index in [2.05, 4.69) is 15.6 Å². The number of amides is 3. The fourth-order valence-electron chi connectivity index (χ4n) is 2.03. The molecule has 1 heterocycles. The number of benzene rings is 2. The summed E-state index contributed by atoms with van der Waals surface area (Å²) < 4.78 is 0.990. The quantitative estimate of drug-likeness (QED) is 0.760. The molecule has 22 heavy (non-hydrogen) atoms. The number of imide groups is 1. The normalized spacial score (nSPS) is 10.4. The van der Waals surface area contributed by atoms with Gasteiger partial charge < -0.3 is 0 Å². The molecule has 0 saturated heterocycles. The summed E-state index contributed by atoms with van der Waals surface area (Å²) in [7, 11) is 0. The molecule has 0 spiro atoms. The van der Waals surface area contributed by atoms with Crippen molar-refractivity contribution in [3.8, 4) is 0 Å². The van der Waals surface area contributed by atoms with Crippen LogP contribution in [-0.4, -0.2) is 16.9 Å². The average molecular weight is 311 g/mol. The van der Waals surface area contributed by atoms with Gasteiger partial charge in [-0.3, -0.25) is 15.4 Å². The molecule has 0 saturated carbocycles. The fraction of sp³-hybridized carbons (Fsp3) is 0.0625. The number of fused-ring (bicyclic) bond motifs is 1. The minimum atomic E-state index is -0.592. The van der Waals surface area contributed by atoms with Crippen LogP contribution in [-0.2, 0) is 0 Å². The van der Waals surface area contributed by atoms with Crippen molar-refractivity contribution in [1.29, 1.82) is 0 Å². The summed E-state index contributed by atoms with van der Waals surface area (Å²) in [4.78, 5) is 28.1. The maximum Gasteiger partial charge on any atom is 0.327 e. The summed E-state index contributed by atoms with van der Waals surface area (Å²) in [5, 5.41) is 5.34. The number of para-hydroxylation sites is 1. The van der Waals surface area contributed by atoms with E-state index >= 15 is 0 Å². The number of aromatic nitrogens is 1. The van der Waals surface area contributed by atoms with E-state index in [-0.39, 0.29) is 0 Å². The van der Waals surface area contributed by atoms with E-state index in [0.717, 1.165) is 15.8 Å². The molecule has 2 N–H and O–H groups in total. The topological polar surface area (TPSA) is 71.1 Å². The highest BCUT2D eigenvalue weighted by Crippen LogP contribution is 2.27. The van der Waals surface area contributed by atoms with Crippen molar-refractivity contribution >= 4 is 38.6 Å². The molecule has 0 aliphatic rings. The predicted octanol–water partition coefficient (Wildman–Crippen LogP) is 3.57. The van der Waals surface area contributed by atoms with Gasteiger partial charge in [0, 0.05) is 5.56 Å². The van der Waals surface area contributed by atoms with Crippen LogP contribution in [0.1, 0.15) is 15.9 Å². The highest BCUT2D eigenvalue weighted by atomic mass is 32.1. The van der Waals surface area contributed by atoms with E-state index in [4.69, 9.17) is 0 Å². The van der Waals surface area contributed by atoms with Crippen molar-refractivity contribution in [2.45, 2.75) is 6.92 Å². The van der Waals surface area contributed by atoms with Gasteiger partial charge in [0.05, 0.1) is 10.2 Å². The molecule has 2 aromatic carbocycles. The molecule has 6 heteroatoms. The van der Waals surface area contributed by atoms with Gasteiger partial charge in [-0.1, -0.05) is 41.7 Å². The first-order valence-electron chi connectivity index (χ1n) is 6.67. The number of anilines is 1. The Bertz CT molecular complexity index is 843. The molecule has 3 aromatic rings. The summed E-state index contributed by atoms with van der Waals surface area (Å²) in [6.07, 6.45) is 0. The lowest BCUT2D eigenvalue weighted by atomic mass is 10.2. The second-order valence-corrected chi connectivity index (χ2v) is 5.75. The number of urea groups is 1. The second-order valence-electron chi connectivity index (χ2n) is 4.71. The van der Waals surface area contributed by atoms with Crippen LogP contribution in [0.3, 0.4) is 0 Å². The molecule has 0 aliphatic carbocycles. The minimum Gasteiger partial charge on any atom is -0.283 e. The van der Waals surface area contributed by atoms with Crippen LogP contribution in [0.25, 0.3) is 10.2 Å². The number of hydrogen-bond donors (Lipinski definition) is 2. The number of nitrogens with zero attached hydrogens (tertiary/aromatic N) is 1. The lowest BCUT2D eigenvalue weighted by Gasteiger charge is -2.03. The van der Waals surface area contributed by atoms with Crippen LogP contribution in [0, 0.1) is 6.92 Å². The lowest BCUT2D eigenvalue weighted by Crippen LogP contribution is -2.34. The van der Waals surface area contributed by atoms with E-state index in [0.29, 0.717) is 10.7 Å². The van der Waals surface area contributed by atoms with Crippen molar-refractivity contribution in [3.05, 3.63) is 59.7 Å². The molecule has 0 atom stereocenters. The maximum absolute atomic E-state index is 11.9. The third kappa shape index (κ3) is 2.96. The SMILES string of the molecule is Cc1cccc2sc(NC(=O)NC(=O)c3ccccc3)nc12. The molecule has 1 aromatic heterocycles. The maximum atomic E-state index is 11.9. The van der Waals surface area contributed by atoms with E-state index in [1.54, 1.807) is 30.3 Å². The zero-order chi connectivity index (χ0) is 15.5. The zero-order valence-electron chi connectivity index (χ0n) is 11.8. The van der Waals surface area contributed by atoms with Gasteiger partial charge in [0.1, 0.15) is 0 Å². The van der Waals surface area contributed by atoms with Crippen molar-refractivity contribution in [3.63, 3.8) is 0 Å². The summed E-state index contributed by atoms with van der Waals surface area (Å²) in [6, 6.07) is 13.8. The fourth-order valence-corrected chi connectivity index (χ4v) is 2.97. The molecule has 110 valence electrons. The Labute approximate surface area is 131 Å². The Morgan fingerprint density at radius 1 is 1.05 bits per heavy atom. The van der Waals surface area contributed by atoms with Gasteiger partial charge in [0.2, 0.25) is 0 Å². The number of carbonyl (C=O) groups excluding carboxylic acids is 2. The average Bonchev–Trinajstić information content (AvgIpc) is 2.92. The van der Waals surface area contributed by atoms with E-state index in [1.165, 1.54) is 11.3 Å². The van der Waals surface area contributed by atoms with E-state index in [9.17, 15) is 9.59 Å². The Hall–Kier alpha value is -2.73. The Morgan fingerprint density at radius 2 is 1.82 bits per heavy atom. The number of thiazole rings is 1. The van der Waals surface area contributed by atoms with Gasteiger partial charge in [-0.05, 0) is 30.7 Å². The molecule has 0 radical (unpaired) electrons. The molecular formula is C16H13N3O2S. The molecule has 3 amide bonds. The highest BCUT2D eigenvalue weighted by molar-refractivity contribution is 7.22. The van der Waals surface area contributed by atoms with E-state index in [1.807, 2.05) is 25.1 Å². The van der Waals surface area contributed by atoms with Crippen molar-refractivity contribution in [2.75, 3.05) is 5.32 Å². The summed E-state index contributed by atoms with van der Waals surface area (Å²) in [6.45, 7) is 1.96. The molecule has 0 fully saturated rings. The van der Waals surface area contributed by atoms with Gasteiger partial charge in [0.25, 0.3) is 5.91 Å². The van der Waals surface area contributed by atoms with Gasteiger partial charge in [-0.15, -0.1) is 0 Å². The predicted molar refractivity (Wildman–Crippen MR) is 87.3 cm³/mol. The first-order chi connectivity index (χ1) is 10.6. The highest BCUT2D eigenvalue weighted by Gasteiger charge is 2.12. The molecular weight excluding hydrogens is 298 g/mol. The van der Waals surface area contributed by atoms with Crippen LogP contribution < -0.4 is 10.6 Å². The number of aryl methyl sites for hydroxylation is 1. The Kier molecular flexibility index (Phi) is 3.84. The van der Waals surface area contributed by atoms with Crippen molar-refractivity contribution in [2.24, 2.45) is 0 Å². The standard InChI is InChI=1S/C16H13N3O2S/c1-10-6-5-9-12-13(10)17-16(22-12)19-15(21)18-14(20)11-7-3-2-4-8-11/h2-9H,1H3,(H2,17,18,19,20,21). The Balaban J connectivity index is 1.71. The van der Waals surface area contributed by atoms with Crippen molar-refractivity contribution < 1.29 is 9.59 Å². The summed E-state index contributed by atoms with van der Waals surface area (Å²) >= 11 is 1.37. The van der Waals surface area contributed by atoms with Crippen LogP contribution in [0.4, 0.5) is 9.93 Å². The Morgan fingerprint density at radius 3 is 2.55 bits per heavy atom. The first kappa shape index (κ1) is 14.2. The van der Waals surface area contributed by atoms with Crippen molar-refractivity contribution in [1.82, 2.24) is 10.3 Å². The van der Waals surface area contributed by atoms with Crippen LogP contribution in [0.15, 0.2) is 48.5 Å². The zero-order valence-corrected chi connectivity index (χ0v) is 12.6. The van der Waals surface area contributed by atoms with Gasteiger partial charge in [0.15, 0.2) is 5.13 Å². The number of carbonyl (C=O) groups is 2. The summed E-state index contributed by atoms with van der Waals surface area (Å²) in [5.74, 6) is -0.449. The monoisotopic (exact) mass is 311 g/mol. The van der Waals surface area contributed by atoms with Gasteiger partial charge in [-0.2, -0.15) is 0 Å². The smallest absolute Gasteiger partial charge is 0.283 e.